The standard InChI is InChI=1S/C20H24ClNO2/c21-19-9-3-1-7-18(19)16-24-20-10-4-2-6-17(20)8-5-11-22-12-14-23-15-13-22/h1-4,6-7,9-10H,5,8,11-16H2. The molecular weight excluding hydrogens is 322 g/mol. The van der Waals surface area contributed by atoms with E-state index in [0.717, 1.165) is 62.0 Å². The van der Waals surface area contributed by atoms with Crippen molar-refractivity contribution >= 4 is 11.6 Å². The molecule has 3 nitrogen and oxygen atoms in total. The lowest BCUT2D eigenvalue weighted by Gasteiger charge is -2.26. The highest BCUT2D eigenvalue weighted by atomic mass is 35.5. The molecular formula is C20H24ClNO2. The van der Waals surface area contributed by atoms with Gasteiger partial charge in [0.25, 0.3) is 0 Å². The fraction of sp³-hybridized carbons (Fsp3) is 0.400. The first kappa shape index (κ1) is 17.3. The Labute approximate surface area is 149 Å². The second kappa shape index (κ2) is 9.07. The van der Waals surface area contributed by atoms with Gasteiger partial charge in [-0.05, 0) is 37.1 Å². The first-order valence-electron chi connectivity index (χ1n) is 8.57. The Morgan fingerprint density at radius 2 is 1.67 bits per heavy atom. The van der Waals surface area contributed by atoms with Crippen LogP contribution in [0.5, 0.6) is 5.75 Å². The topological polar surface area (TPSA) is 21.7 Å². The smallest absolute Gasteiger partial charge is 0.122 e. The minimum atomic E-state index is 0.500. The number of morpholine rings is 1. The van der Waals surface area contributed by atoms with E-state index in [1.165, 1.54) is 5.56 Å². The molecule has 0 radical (unpaired) electrons. The molecule has 0 aromatic heterocycles. The minimum Gasteiger partial charge on any atom is -0.489 e. The molecule has 0 spiro atoms. The van der Waals surface area contributed by atoms with E-state index in [9.17, 15) is 0 Å². The van der Waals surface area contributed by atoms with Crippen molar-refractivity contribution in [2.24, 2.45) is 0 Å². The molecule has 0 unspecified atom stereocenters. The van der Waals surface area contributed by atoms with E-state index < -0.39 is 0 Å². The first-order chi connectivity index (χ1) is 11.8. The highest BCUT2D eigenvalue weighted by Gasteiger charge is 2.10. The average molecular weight is 346 g/mol. The maximum Gasteiger partial charge on any atom is 0.122 e. The molecule has 128 valence electrons. The molecule has 0 amide bonds. The second-order valence-corrected chi connectivity index (χ2v) is 6.45. The third-order valence-electron chi connectivity index (χ3n) is 4.34. The highest BCUT2D eigenvalue weighted by molar-refractivity contribution is 6.31. The van der Waals surface area contributed by atoms with Crippen molar-refractivity contribution in [1.82, 2.24) is 4.90 Å². The molecule has 1 aliphatic rings. The van der Waals surface area contributed by atoms with E-state index >= 15 is 0 Å². The zero-order chi connectivity index (χ0) is 16.6. The molecule has 0 saturated carbocycles. The van der Waals surface area contributed by atoms with Crippen LogP contribution in [0.2, 0.25) is 5.02 Å². The van der Waals surface area contributed by atoms with Crippen molar-refractivity contribution in [3.63, 3.8) is 0 Å². The van der Waals surface area contributed by atoms with Crippen LogP contribution in [0.25, 0.3) is 0 Å². The van der Waals surface area contributed by atoms with Crippen molar-refractivity contribution in [2.45, 2.75) is 19.4 Å². The zero-order valence-corrected chi connectivity index (χ0v) is 14.7. The fourth-order valence-electron chi connectivity index (χ4n) is 2.94. The predicted octanol–water partition coefficient (Wildman–Crippen LogP) is 4.18. The molecule has 0 bridgehead atoms. The lowest BCUT2D eigenvalue weighted by Crippen LogP contribution is -2.36. The average Bonchev–Trinajstić information content (AvgIpc) is 2.63. The third-order valence-corrected chi connectivity index (χ3v) is 4.71. The second-order valence-electron chi connectivity index (χ2n) is 6.05. The predicted molar refractivity (Wildman–Crippen MR) is 97.8 cm³/mol. The van der Waals surface area contributed by atoms with E-state index in [0.29, 0.717) is 6.61 Å². The summed E-state index contributed by atoms with van der Waals surface area (Å²) in [6.07, 6.45) is 2.16. The summed E-state index contributed by atoms with van der Waals surface area (Å²) < 4.78 is 11.4. The van der Waals surface area contributed by atoms with E-state index in [2.05, 4.69) is 17.0 Å². The highest BCUT2D eigenvalue weighted by Crippen LogP contribution is 2.23. The largest absolute Gasteiger partial charge is 0.489 e. The maximum absolute atomic E-state index is 6.20. The van der Waals surface area contributed by atoms with E-state index in [1.54, 1.807) is 0 Å². The first-order valence-corrected chi connectivity index (χ1v) is 8.95. The molecule has 3 rings (SSSR count). The van der Waals surface area contributed by atoms with Gasteiger partial charge in [-0.25, -0.2) is 0 Å². The van der Waals surface area contributed by atoms with Gasteiger partial charge in [0.1, 0.15) is 12.4 Å². The van der Waals surface area contributed by atoms with Crippen LogP contribution in [0.15, 0.2) is 48.5 Å². The van der Waals surface area contributed by atoms with Crippen LogP contribution in [0.4, 0.5) is 0 Å². The van der Waals surface area contributed by atoms with Crippen LogP contribution >= 0.6 is 11.6 Å². The number of hydrogen-bond donors (Lipinski definition) is 0. The van der Waals surface area contributed by atoms with Gasteiger partial charge in [0.15, 0.2) is 0 Å². The van der Waals surface area contributed by atoms with Gasteiger partial charge in [-0.15, -0.1) is 0 Å². The summed E-state index contributed by atoms with van der Waals surface area (Å²) in [5.74, 6) is 0.958. The molecule has 0 aliphatic carbocycles. The Hall–Kier alpha value is -1.55. The van der Waals surface area contributed by atoms with Gasteiger partial charge >= 0.3 is 0 Å². The summed E-state index contributed by atoms with van der Waals surface area (Å²) in [6.45, 7) is 5.42. The SMILES string of the molecule is Clc1ccccc1COc1ccccc1CCCN1CCOCC1. The van der Waals surface area contributed by atoms with Crippen molar-refractivity contribution in [1.29, 1.82) is 0 Å². The van der Waals surface area contributed by atoms with Crippen molar-refractivity contribution in [2.75, 3.05) is 32.8 Å². The Balaban J connectivity index is 1.53. The lowest BCUT2D eigenvalue weighted by atomic mass is 10.1. The fourth-order valence-corrected chi connectivity index (χ4v) is 3.13. The van der Waals surface area contributed by atoms with Gasteiger partial charge in [0, 0.05) is 23.7 Å². The molecule has 1 saturated heterocycles. The Morgan fingerprint density at radius 3 is 2.46 bits per heavy atom. The summed E-state index contributed by atoms with van der Waals surface area (Å²) in [4.78, 5) is 2.47. The monoisotopic (exact) mass is 345 g/mol. The van der Waals surface area contributed by atoms with Gasteiger partial charge in [0.2, 0.25) is 0 Å². The van der Waals surface area contributed by atoms with E-state index in [-0.39, 0.29) is 0 Å². The summed E-state index contributed by atoms with van der Waals surface area (Å²) in [7, 11) is 0. The van der Waals surface area contributed by atoms with E-state index in [4.69, 9.17) is 21.1 Å². The van der Waals surface area contributed by atoms with E-state index in [1.807, 2.05) is 36.4 Å². The summed E-state index contributed by atoms with van der Waals surface area (Å²) >= 11 is 6.20. The lowest BCUT2D eigenvalue weighted by molar-refractivity contribution is 0.0374. The number of ether oxygens (including phenoxy) is 2. The van der Waals surface area contributed by atoms with Crippen molar-refractivity contribution in [3.05, 3.63) is 64.7 Å². The molecule has 1 heterocycles. The molecule has 2 aromatic carbocycles. The van der Waals surface area contributed by atoms with Crippen LogP contribution in [0.1, 0.15) is 17.5 Å². The van der Waals surface area contributed by atoms with Crippen LogP contribution in [0, 0.1) is 0 Å². The van der Waals surface area contributed by atoms with Crippen molar-refractivity contribution in [3.8, 4) is 5.75 Å². The summed E-state index contributed by atoms with van der Waals surface area (Å²) in [6, 6.07) is 16.1. The Kier molecular flexibility index (Phi) is 6.53. The van der Waals surface area contributed by atoms with Gasteiger partial charge in [-0.2, -0.15) is 0 Å². The quantitative estimate of drug-likeness (QED) is 0.751. The van der Waals surface area contributed by atoms with Gasteiger partial charge < -0.3 is 9.47 Å². The molecule has 24 heavy (non-hydrogen) atoms. The van der Waals surface area contributed by atoms with Crippen LogP contribution < -0.4 is 4.74 Å². The number of para-hydroxylation sites is 1. The van der Waals surface area contributed by atoms with Gasteiger partial charge in [-0.3, -0.25) is 4.90 Å². The molecule has 0 atom stereocenters. The molecule has 4 heteroatoms. The molecule has 0 N–H and O–H groups in total. The van der Waals surface area contributed by atoms with Gasteiger partial charge in [-0.1, -0.05) is 48.0 Å². The maximum atomic E-state index is 6.20. The minimum absolute atomic E-state index is 0.500. The molecule has 2 aromatic rings. The molecule has 1 fully saturated rings. The third kappa shape index (κ3) is 4.97. The number of benzene rings is 2. The summed E-state index contributed by atoms with van der Waals surface area (Å²) in [5, 5.41) is 0.752. The number of rotatable bonds is 7. The van der Waals surface area contributed by atoms with Crippen molar-refractivity contribution < 1.29 is 9.47 Å². The Bertz CT molecular complexity index is 641. The molecule has 1 aliphatic heterocycles. The normalized spacial score (nSPS) is 15.4. The number of nitrogens with zero attached hydrogens (tertiary/aromatic N) is 1. The Morgan fingerprint density at radius 1 is 0.958 bits per heavy atom. The van der Waals surface area contributed by atoms with Crippen LogP contribution in [0.3, 0.4) is 0 Å². The summed E-state index contributed by atoms with van der Waals surface area (Å²) in [5.41, 5.74) is 2.28. The van der Waals surface area contributed by atoms with Crippen LogP contribution in [-0.4, -0.2) is 37.7 Å². The number of aryl methyl sites for hydroxylation is 1. The van der Waals surface area contributed by atoms with Crippen LogP contribution in [-0.2, 0) is 17.8 Å². The zero-order valence-electron chi connectivity index (χ0n) is 13.9. The number of halogens is 1. The van der Waals surface area contributed by atoms with Gasteiger partial charge in [0.05, 0.1) is 13.2 Å². The number of hydrogen-bond acceptors (Lipinski definition) is 3.